The Morgan fingerprint density at radius 1 is 0.977 bits per heavy atom. The topological polar surface area (TPSA) is 53.0 Å². The molecule has 0 unspecified atom stereocenters. The highest BCUT2D eigenvalue weighted by atomic mass is 28.4. The first-order valence-electron chi connectivity index (χ1n) is 16.2. The second-order valence-electron chi connectivity index (χ2n) is 14.8. The third-order valence-electron chi connectivity index (χ3n) is 11.2. The van der Waals surface area contributed by atoms with Crippen LogP contribution in [0.15, 0.2) is 103 Å². The van der Waals surface area contributed by atoms with Gasteiger partial charge in [-0.05, 0) is 64.6 Å². The van der Waals surface area contributed by atoms with Crippen molar-refractivity contribution in [3.05, 3.63) is 103 Å². The fourth-order valence-electron chi connectivity index (χ4n) is 8.96. The number of hydrogen-bond acceptors (Lipinski definition) is 4. The molecule has 6 heteroatoms. The quantitative estimate of drug-likeness (QED) is 0.216. The van der Waals surface area contributed by atoms with Crippen molar-refractivity contribution in [2.24, 2.45) is 16.7 Å². The van der Waals surface area contributed by atoms with E-state index in [0.29, 0.717) is 25.5 Å². The van der Waals surface area contributed by atoms with E-state index in [1.165, 1.54) is 10.4 Å². The Morgan fingerprint density at radius 3 is 2.05 bits per heavy atom. The van der Waals surface area contributed by atoms with Crippen LogP contribution >= 0.6 is 0 Å². The van der Waals surface area contributed by atoms with Gasteiger partial charge in [0.1, 0.15) is 0 Å². The lowest BCUT2D eigenvalue weighted by atomic mass is 9.67. The Kier molecular flexibility index (Phi) is 8.02. The molecule has 232 valence electrons. The highest BCUT2D eigenvalue weighted by molar-refractivity contribution is 6.99. The monoisotopic (exact) mass is 608 g/mol. The summed E-state index contributed by atoms with van der Waals surface area (Å²) in [6.45, 7) is 16.5. The molecule has 1 N–H and O–H groups in total. The van der Waals surface area contributed by atoms with Crippen molar-refractivity contribution >= 4 is 30.3 Å². The Balaban J connectivity index is 1.23. The average Bonchev–Trinajstić information content (AvgIpc) is 3.51. The smallest absolute Gasteiger partial charge is 0.261 e. The molecule has 2 saturated carbocycles. The van der Waals surface area contributed by atoms with Crippen LogP contribution in [0.3, 0.4) is 0 Å². The molecule has 0 radical (unpaired) electrons. The molecular formula is C38H48N2O3Si. The highest BCUT2D eigenvalue weighted by Gasteiger charge is 2.74. The van der Waals surface area contributed by atoms with Gasteiger partial charge in [0.25, 0.3) is 8.32 Å². The molecule has 3 aromatic rings. The number of aliphatic hydroxyl groups excluding tert-OH is 1. The van der Waals surface area contributed by atoms with Crippen molar-refractivity contribution in [1.29, 1.82) is 0 Å². The van der Waals surface area contributed by atoms with Gasteiger partial charge in [-0.1, -0.05) is 126 Å². The van der Waals surface area contributed by atoms with Gasteiger partial charge in [-0.2, -0.15) is 0 Å². The number of benzene rings is 3. The molecule has 2 aliphatic carbocycles. The zero-order valence-electron chi connectivity index (χ0n) is 27.0. The molecule has 1 spiro atoms. The standard InChI is InChI=1S/C38H48N2O3Si/c1-28(27-43-44(36(2,3)4,32-18-12-8-13-19-32)33-20-14-9-15-21-33)24-31(41)26-39-34-25-29-22-23-38(34,37(29,5)6)35(42)40(39)30-16-10-7-11-17-30/h7-21,29,31,34,41H,1,22-27H2,2-6H3/t29-,31+,34-,38+/m1/s1. The summed E-state index contributed by atoms with van der Waals surface area (Å²) in [5.41, 5.74) is 1.28. The van der Waals surface area contributed by atoms with Crippen molar-refractivity contribution in [3.8, 4) is 0 Å². The summed E-state index contributed by atoms with van der Waals surface area (Å²) in [5, 5.41) is 18.0. The summed E-state index contributed by atoms with van der Waals surface area (Å²) in [7, 11) is -2.71. The van der Waals surface area contributed by atoms with Crippen molar-refractivity contribution < 1.29 is 14.3 Å². The van der Waals surface area contributed by atoms with Crippen molar-refractivity contribution in [2.45, 2.75) is 77.5 Å². The minimum Gasteiger partial charge on any atom is -0.403 e. The van der Waals surface area contributed by atoms with E-state index >= 15 is 0 Å². The molecule has 3 aliphatic rings. The van der Waals surface area contributed by atoms with Crippen LogP contribution in [-0.2, 0) is 9.22 Å². The maximum Gasteiger partial charge on any atom is 0.261 e. The number of carbonyl (C=O) groups is 1. The van der Waals surface area contributed by atoms with E-state index in [9.17, 15) is 9.90 Å². The molecule has 4 atom stereocenters. The number of hydrogen-bond donors (Lipinski definition) is 1. The summed E-state index contributed by atoms with van der Waals surface area (Å²) in [6, 6.07) is 31.3. The van der Waals surface area contributed by atoms with Crippen LogP contribution in [0, 0.1) is 16.7 Å². The molecule has 2 bridgehead atoms. The van der Waals surface area contributed by atoms with Gasteiger partial charge in [0.2, 0.25) is 5.91 Å². The predicted molar refractivity (Wildman–Crippen MR) is 181 cm³/mol. The second kappa shape index (κ2) is 11.4. The summed E-state index contributed by atoms with van der Waals surface area (Å²) in [5.74, 6) is 0.726. The summed E-state index contributed by atoms with van der Waals surface area (Å²) < 4.78 is 7.09. The summed E-state index contributed by atoms with van der Waals surface area (Å²) >= 11 is 0. The van der Waals surface area contributed by atoms with Gasteiger partial charge in [0.15, 0.2) is 0 Å². The molecule has 0 aromatic heterocycles. The van der Waals surface area contributed by atoms with E-state index in [2.05, 4.69) is 107 Å². The molecule has 44 heavy (non-hydrogen) atoms. The fraction of sp³-hybridized carbons (Fsp3) is 0.447. The van der Waals surface area contributed by atoms with Crippen molar-refractivity contribution in [2.75, 3.05) is 18.2 Å². The van der Waals surface area contributed by atoms with Gasteiger partial charge < -0.3 is 9.53 Å². The minimum atomic E-state index is -2.71. The fourth-order valence-corrected chi connectivity index (χ4v) is 13.5. The number of hydrazine groups is 1. The van der Waals surface area contributed by atoms with Gasteiger partial charge in [-0.15, -0.1) is 0 Å². The van der Waals surface area contributed by atoms with Gasteiger partial charge in [0, 0.05) is 12.6 Å². The van der Waals surface area contributed by atoms with Gasteiger partial charge in [-0.3, -0.25) is 4.79 Å². The third kappa shape index (κ3) is 4.73. The lowest BCUT2D eigenvalue weighted by Gasteiger charge is -2.43. The van der Waals surface area contributed by atoms with Crippen molar-refractivity contribution in [3.63, 3.8) is 0 Å². The van der Waals surface area contributed by atoms with Crippen molar-refractivity contribution in [1.82, 2.24) is 5.01 Å². The van der Waals surface area contributed by atoms with Gasteiger partial charge in [-0.25, -0.2) is 10.0 Å². The third-order valence-corrected chi connectivity index (χ3v) is 16.1. The first-order valence-corrected chi connectivity index (χ1v) is 18.1. The van der Waals surface area contributed by atoms with E-state index in [1.807, 2.05) is 35.3 Å². The zero-order chi connectivity index (χ0) is 31.3. The molecule has 1 amide bonds. The zero-order valence-corrected chi connectivity index (χ0v) is 28.0. The summed E-state index contributed by atoms with van der Waals surface area (Å²) in [4.78, 5) is 14.3. The first-order chi connectivity index (χ1) is 20.9. The van der Waals surface area contributed by atoms with Crippen LogP contribution in [0.5, 0.6) is 0 Å². The molecular weight excluding hydrogens is 561 g/mol. The minimum absolute atomic E-state index is 0.0608. The molecule has 1 heterocycles. The number of fused-ring (bicyclic) bond motifs is 1. The van der Waals surface area contributed by atoms with E-state index in [4.69, 9.17) is 4.43 Å². The van der Waals surface area contributed by atoms with E-state index < -0.39 is 19.8 Å². The SMILES string of the molecule is C=C(CO[Si](c1ccccc1)(c1ccccc1)C(C)(C)C)C[C@H](O)CN1[C@@H]2C[C@H]3CC[C@]2(C(=O)N1c1ccccc1)C3(C)C. The maximum absolute atomic E-state index is 14.3. The molecule has 5 nitrogen and oxygen atoms in total. The molecule has 3 aromatic carbocycles. The normalized spacial score (nSPS) is 25.3. The number of carbonyl (C=O) groups excluding carboxylic acids is 1. The largest absolute Gasteiger partial charge is 0.403 e. The van der Waals surface area contributed by atoms with Crippen LogP contribution < -0.4 is 15.4 Å². The average molecular weight is 609 g/mol. The molecule has 6 rings (SSSR count). The maximum atomic E-state index is 14.3. The highest BCUT2D eigenvalue weighted by Crippen LogP contribution is 2.70. The molecule has 3 fully saturated rings. The van der Waals surface area contributed by atoms with Crippen LogP contribution in [0.1, 0.15) is 60.3 Å². The number of nitrogens with zero attached hydrogens (tertiary/aromatic N) is 2. The van der Waals surface area contributed by atoms with Crippen LogP contribution in [0.2, 0.25) is 5.04 Å². The lowest BCUT2D eigenvalue weighted by Crippen LogP contribution is -2.66. The number of amides is 1. The number of para-hydroxylation sites is 1. The molecule has 1 aliphatic heterocycles. The van der Waals surface area contributed by atoms with E-state index in [0.717, 1.165) is 30.5 Å². The van der Waals surface area contributed by atoms with E-state index in [-0.39, 0.29) is 22.4 Å². The first kappa shape index (κ1) is 31.0. The Labute approximate surface area is 264 Å². The van der Waals surface area contributed by atoms with Gasteiger partial charge >= 0.3 is 0 Å². The number of rotatable bonds is 10. The Bertz CT molecular complexity index is 1450. The van der Waals surface area contributed by atoms with Gasteiger partial charge in [0.05, 0.1) is 23.8 Å². The lowest BCUT2D eigenvalue weighted by molar-refractivity contribution is -0.129. The Morgan fingerprint density at radius 2 is 1.52 bits per heavy atom. The Hall–Kier alpha value is -3.03. The van der Waals surface area contributed by atoms with Crippen LogP contribution in [-0.4, -0.2) is 49.6 Å². The number of aliphatic hydroxyl groups is 1. The van der Waals surface area contributed by atoms with Crippen LogP contribution in [0.25, 0.3) is 0 Å². The van der Waals surface area contributed by atoms with E-state index in [1.54, 1.807) is 0 Å². The molecule has 1 saturated heterocycles. The summed E-state index contributed by atoms with van der Waals surface area (Å²) in [6.07, 6.45) is 2.75. The number of β-amino-alcohol motifs (C(OH)–C–C–N with tert-alkyl or cyclic N) is 1. The second-order valence-corrected chi connectivity index (χ2v) is 19.1. The predicted octanol–water partition coefficient (Wildman–Crippen LogP) is 6.33. The van der Waals surface area contributed by atoms with Crippen LogP contribution in [0.4, 0.5) is 5.69 Å². The number of anilines is 1.